The molecule has 35 heavy (non-hydrogen) atoms. The lowest BCUT2D eigenvalue weighted by Gasteiger charge is -2.27. The molecule has 0 saturated carbocycles. The molecular weight excluding hydrogens is 451 g/mol. The summed E-state index contributed by atoms with van der Waals surface area (Å²) >= 11 is 0. The van der Waals surface area contributed by atoms with E-state index >= 15 is 0 Å². The number of aliphatic imine (C=N–C) groups is 1. The first-order chi connectivity index (χ1) is 16.5. The van der Waals surface area contributed by atoms with Crippen LogP contribution in [0.1, 0.15) is 48.9 Å². The van der Waals surface area contributed by atoms with Crippen LogP contribution in [0.2, 0.25) is 0 Å². The highest BCUT2D eigenvalue weighted by Crippen LogP contribution is 2.32. The summed E-state index contributed by atoms with van der Waals surface area (Å²) in [6.45, 7) is 9.12. The molecule has 0 unspecified atom stereocenters. The van der Waals surface area contributed by atoms with Crippen molar-refractivity contribution >= 4 is 11.7 Å². The van der Waals surface area contributed by atoms with Gasteiger partial charge in [0.2, 0.25) is 0 Å². The van der Waals surface area contributed by atoms with Crippen LogP contribution in [0.25, 0.3) is 0 Å². The average Bonchev–Trinajstić information content (AvgIpc) is 2.81. The molecule has 3 aromatic rings. The molecular formula is C29H28F3NO2. The molecule has 0 spiro atoms. The number of halogens is 3. The Labute approximate surface area is 204 Å². The molecule has 0 aliphatic heterocycles. The van der Waals surface area contributed by atoms with Crippen molar-refractivity contribution in [1.29, 1.82) is 0 Å². The molecule has 182 valence electrons. The predicted molar refractivity (Wildman–Crippen MR) is 133 cm³/mol. The van der Waals surface area contributed by atoms with Crippen molar-refractivity contribution in [2.45, 2.75) is 44.5 Å². The van der Waals surface area contributed by atoms with Gasteiger partial charge >= 0.3 is 12.1 Å². The highest BCUT2D eigenvalue weighted by atomic mass is 19.4. The first-order valence-electron chi connectivity index (χ1n) is 11.2. The van der Waals surface area contributed by atoms with E-state index < -0.39 is 35.3 Å². The molecule has 0 bridgehead atoms. The molecule has 3 rings (SSSR count). The van der Waals surface area contributed by atoms with Gasteiger partial charge in [-0.25, -0.2) is 4.79 Å². The molecule has 6 heteroatoms. The summed E-state index contributed by atoms with van der Waals surface area (Å²) in [5.74, 6) is -1.30. The van der Waals surface area contributed by atoms with E-state index in [1.165, 1.54) is 18.2 Å². The third-order valence-corrected chi connectivity index (χ3v) is 5.23. The molecule has 0 heterocycles. The van der Waals surface area contributed by atoms with Crippen molar-refractivity contribution in [2.24, 2.45) is 4.99 Å². The van der Waals surface area contributed by atoms with Gasteiger partial charge in [0.15, 0.2) is 6.04 Å². The number of carbonyl (C=O) groups is 1. The average molecular weight is 480 g/mol. The Morgan fingerprint density at radius 3 is 1.74 bits per heavy atom. The van der Waals surface area contributed by atoms with E-state index in [0.717, 1.165) is 23.3 Å². The lowest BCUT2D eigenvalue weighted by atomic mass is 9.90. The van der Waals surface area contributed by atoms with Crippen LogP contribution < -0.4 is 0 Å². The summed E-state index contributed by atoms with van der Waals surface area (Å²) in [5.41, 5.74) is 1.09. The highest BCUT2D eigenvalue weighted by molar-refractivity contribution is 6.13. The molecule has 3 nitrogen and oxygen atoms in total. The standard InChI is InChI=1S/C29H28F3NO2/c1-5-24(20-16-18-23(19-17-20)29(30,31)32)26(27(34)35-28(2,3)4)33-25(21-12-8-6-9-13-21)22-14-10-7-11-15-22/h5-19,24,26H,1H2,2-4H3/t24-,26-/m0/s1. The molecule has 3 aromatic carbocycles. The van der Waals surface area contributed by atoms with Gasteiger partial charge in [0.05, 0.1) is 11.3 Å². The number of esters is 1. The van der Waals surface area contributed by atoms with Gasteiger partial charge in [0, 0.05) is 17.0 Å². The van der Waals surface area contributed by atoms with Crippen molar-refractivity contribution < 1.29 is 22.7 Å². The molecule has 0 amide bonds. The molecule has 2 atom stereocenters. The first kappa shape index (κ1) is 25.9. The number of hydrogen-bond acceptors (Lipinski definition) is 3. The Kier molecular flexibility index (Phi) is 7.95. The second-order valence-corrected chi connectivity index (χ2v) is 9.07. The van der Waals surface area contributed by atoms with Crippen molar-refractivity contribution in [3.8, 4) is 0 Å². The fourth-order valence-corrected chi connectivity index (χ4v) is 3.63. The number of benzene rings is 3. The zero-order chi connectivity index (χ0) is 25.6. The van der Waals surface area contributed by atoms with Crippen LogP contribution in [0, 0.1) is 0 Å². The second-order valence-electron chi connectivity index (χ2n) is 9.07. The van der Waals surface area contributed by atoms with Crippen molar-refractivity contribution in [3.05, 3.63) is 120 Å². The Hall–Kier alpha value is -3.67. The third-order valence-electron chi connectivity index (χ3n) is 5.23. The number of hydrogen-bond donors (Lipinski definition) is 0. The minimum Gasteiger partial charge on any atom is -0.458 e. The maximum Gasteiger partial charge on any atom is 0.416 e. The van der Waals surface area contributed by atoms with E-state index in [2.05, 4.69) is 6.58 Å². The topological polar surface area (TPSA) is 38.7 Å². The maximum atomic E-state index is 13.4. The van der Waals surface area contributed by atoms with E-state index in [-0.39, 0.29) is 0 Å². The van der Waals surface area contributed by atoms with E-state index in [9.17, 15) is 18.0 Å². The van der Waals surface area contributed by atoms with E-state index in [4.69, 9.17) is 9.73 Å². The summed E-state index contributed by atoms with van der Waals surface area (Å²) < 4.78 is 45.0. The summed E-state index contributed by atoms with van der Waals surface area (Å²) in [4.78, 5) is 18.3. The van der Waals surface area contributed by atoms with Crippen LogP contribution in [-0.2, 0) is 15.7 Å². The Morgan fingerprint density at radius 2 is 1.34 bits per heavy atom. The molecule has 0 aromatic heterocycles. The van der Waals surface area contributed by atoms with Crippen LogP contribution in [0.3, 0.4) is 0 Å². The molecule has 0 radical (unpaired) electrons. The molecule has 0 N–H and O–H groups in total. The lowest BCUT2D eigenvalue weighted by molar-refractivity contribution is -0.156. The number of alkyl halides is 3. The van der Waals surface area contributed by atoms with E-state index in [0.29, 0.717) is 11.3 Å². The maximum absolute atomic E-state index is 13.4. The Bertz CT molecular complexity index is 1120. The highest BCUT2D eigenvalue weighted by Gasteiger charge is 2.34. The van der Waals surface area contributed by atoms with Crippen molar-refractivity contribution in [1.82, 2.24) is 0 Å². The van der Waals surface area contributed by atoms with Gasteiger partial charge in [-0.05, 0) is 38.5 Å². The molecule has 0 aliphatic rings. The lowest BCUT2D eigenvalue weighted by Crippen LogP contribution is -2.35. The van der Waals surface area contributed by atoms with Gasteiger partial charge in [0.1, 0.15) is 5.60 Å². The number of nitrogens with zero attached hydrogens (tertiary/aromatic N) is 1. The fraction of sp³-hybridized carbons (Fsp3) is 0.241. The number of rotatable bonds is 7. The molecule has 0 fully saturated rings. The normalized spacial score (nSPS) is 13.4. The molecule has 0 saturated heterocycles. The second kappa shape index (κ2) is 10.7. The number of carbonyl (C=O) groups excluding carboxylic acids is 1. The van der Waals surface area contributed by atoms with Crippen molar-refractivity contribution in [2.75, 3.05) is 0 Å². The van der Waals surface area contributed by atoms with Gasteiger partial charge in [0.25, 0.3) is 0 Å². The van der Waals surface area contributed by atoms with Crippen LogP contribution in [-0.4, -0.2) is 23.3 Å². The van der Waals surface area contributed by atoms with E-state index in [1.54, 1.807) is 20.8 Å². The predicted octanol–water partition coefficient (Wildman–Crippen LogP) is 7.22. The van der Waals surface area contributed by atoms with Gasteiger partial charge in [-0.1, -0.05) is 78.9 Å². The minimum absolute atomic E-state index is 0.480. The van der Waals surface area contributed by atoms with Crippen LogP contribution >= 0.6 is 0 Å². The summed E-state index contributed by atoms with van der Waals surface area (Å²) in [6, 6.07) is 22.4. The molecule has 0 aliphatic carbocycles. The van der Waals surface area contributed by atoms with Crippen LogP contribution in [0.4, 0.5) is 13.2 Å². The fourth-order valence-electron chi connectivity index (χ4n) is 3.63. The third kappa shape index (κ3) is 6.92. The summed E-state index contributed by atoms with van der Waals surface area (Å²) in [6.07, 6.45) is -2.94. The Morgan fingerprint density at radius 1 is 0.857 bits per heavy atom. The van der Waals surface area contributed by atoms with Gasteiger partial charge in [-0.2, -0.15) is 13.2 Å². The summed E-state index contributed by atoms with van der Waals surface area (Å²) in [7, 11) is 0. The quantitative estimate of drug-likeness (QED) is 0.204. The smallest absolute Gasteiger partial charge is 0.416 e. The first-order valence-corrected chi connectivity index (χ1v) is 11.2. The SMILES string of the molecule is C=C[C@@H](c1ccc(C(F)(F)F)cc1)[C@H](N=C(c1ccccc1)c1ccccc1)C(=O)OC(C)(C)C. The van der Waals surface area contributed by atoms with Gasteiger partial charge < -0.3 is 4.74 Å². The van der Waals surface area contributed by atoms with Gasteiger partial charge in [-0.3, -0.25) is 4.99 Å². The zero-order valence-electron chi connectivity index (χ0n) is 19.9. The van der Waals surface area contributed by atoms with E-state index in [1.807, 2.05) is 60.7 Å². The van der Waals surface area contributed by atoms with Crippen LogP contribution in [0.15, 0.2) is 103 Å². The monoisotopic (exact) mass is 479 g/mol. The number of ether oxygens (including phenoxy) is 1. The Balaban J connectivity index is 2.16. The minimum atomic E-state index is -4.46. The summed E-state index contributed by atoms with van der Waals surface area (Å²) in [5, 5.41) is 0. The van der Waals surface area contributed by atoms with Gasteiger partial charge in [-0.15, -0.1) is 6.58 Å². The van der Waals surface area contributed by atoms with Crippen molar-refractivity contribution in [3.63, 3.8) is 0 Å². The zero-order valence-corrected chi connectivity index (χ0v) is 19.9. The largest absolute Gasteiger partial charge is 0.458 e. The van der Waals surface area contributed by atoms with Crippen LogP contribution in [0.5, 0.6) is 0 Å².